The van der Waals surface area contributed by atoms with Crippen molar-refractivity contribution in [3.8, 4) is 6.07 Å². The van der Waals surface area contributed by atoms with Crippen LogP contribution in [0.5, 0.6) is 0 Å². The van der Waals surface area contributed by atoms with Crippen molar-refractivity contribution in [2.24, 2.45) is 0 Å². The summed E-state index contributed by atoms with van der Waals surface area (Å²) in [5.41, 5.74) is 2.32. The smallest absolute Gasteiger partial charge is 0.185 e. The number of rotatable bonds is 3. The molecule has 0 heterocycles. The van der Waals surface area contributed by atoms with Crippen molar-refractivity contribution in [3.63, 3.8) is 0 Å². The molecular formula is C16H11BrINO. The Morgan fingerprint density at radius 2 is 2.05 bits per heavy atom. The van der Waals surface area contributed by atoms with Crippen molar-refractivity contribution in [3.05, 3.63) is 67.2 Å². The third kappa shape index (κ3) is 3.28. The number of hydrogen-bond donors (Lipinski definition) is 0. The highest BCUT2D eigenvalue weighted by Crippen LogP contribution is 2.27. The fourth-order valence-electron chi connectivity index (χ4n) is 1.98. The lowest BCUT2D eigenvalue weighted by atomic mass is 9.91. The van der Waals surface area contributed by atoms with Crippen LogP contribution >= 0.6 is 38.5 Å². The first-order valence-corrected chi connectivity index (χ1v) is 7.85. The van der Waals surface area contributed by atoms with Crippen molar-refractivity contribution in [1.29, 1.82) is 5.26 Å². The van der Waals surface area contributed by atoms with E-state index < -0.39 is 5.92 Å². The molecule has 0 radical (unpaired) electrons. The molecule has 0 aliphatic carbocycles. The second kappa shape index (κ2) is 6.51. The largest absolute Gasteiger partial charge is 0.292 e. The van der Waals surface area contributed by atoms with Gasteiger partial charge in [0, 0.05) is 13.6 Å². The number of ketones is 1. The van der Waals surface area contributed by atoms with Crippen LogP contribution in [-0.2, 0) is 0 Å². The molecule has 100 valence electrons. The molecule has 2 rings (SSSR count). The summed E-state index contributed by atoms with van der Waals surface area (Å²) in [6, 6.07) is 15.2. The molecule has 20 heavy (non-hydrogen) atoms. The number of aryl methyl sites for hydroxylation is 1. The number of benzene rings is 2. The number of carbonyl (C=O) groups is 1. The van der Waals surface area contributed by atoms with Gasteiger partial charge in [0.25, 0.3) is 0 Å². The van der Waals surface area contributed by atoms with E-state index >= 15 is 0 Å². The molecule has 0 saturated heterocycles. The van der Waals surface area contributed by atoms with E-state index in [9.17, 15) is 10.1 Å². The number of nitrogens with zero attached hydrogens (tertiary/aromatic N) is 1. The molecule has 1 unspecified atom stereocenters. The first-order chi connectivity index (χ1) is 9.52. The second-order valence-corrected chi connectivity index (χ2v) is 6.56. The number of nitriles is 1. The Hall–Kier alpha value is -1.19. The highest BCUT2D eigenvalue weighted by atomic mass is 127. The minimum atomic E-state index is -0.774. The van der Waals surface area contributed by atoms with Crippen molar-refractivity contribution < 1.29 is 4.79 Å². The molecule has 0 spiro atoms. The lowest BCUT2D eigenvalue weighted by molar-refractivity contribution is 0.0978. The van der Waals surface area contributed by atoms with Crippen LogP contribution in [0.15, 0.2) is 46.9 Å². The zero-order chi connectivity index (χ0) is 14.7. The van der Waals surface area contributed by atoms with E-state index in [4.69, 9.17) is 0 Å². The summed E-state index contributed by atoms with van der Waals surface area (Å²) in [5.74, 6) is -0.951. The fourth-order valence-corrected chi connectivity index (χ4v) is 2.91. The molecule has 0 N–H and O–H groups in total. The number of carbonyl (C=O) groups excluding carboxylic acids is 1. The van der Waals surface area contributed by atoms with E-state index in [1.165, 1.54) is 0 Å². The van der Waals surface area contributed by atoms with Crippen molar-refractivity contribution in [2.75, 3.05) is 0 Å². The Bertz CT molecular complexity index is 706. The van der Waals surface area contributed by atoms with E-state index in [2.05, 4.69) is 44.6 Å². The first-order valence-electron chi connectivity index (χ1n) is 5.98. The molecule has 2 nitrogen and oxygen atoms in total. The van der Waals surface area contributed by atoms with Crippen LogP contribution < -0.4 is 0 Å². The minimum absolute atomic E-state index is 0.177. The molecule has 2 aromatic carbocycles. The minimum Gasteiger partial charge on any atom is -0.292 e. The van der Waals surface area contributed by atoms with Crippen LogP contribution in [0.3, 0.4) is 0 Å². The van der Waals surface area contributed by atoms with Crippen molar-refractivity contribution in [1.82, 2.24) is 0 Å². The molecule has 0 fully saturated rings. The maximum absolute atomic E-state index is 12.6. The average Bonchev–Trinajstić information content (AvgIpc) is 2.42. The first kappa shape index (κ1) is 15.2. The monoisotopic (exact) mass is 439 g/mol. The van der Waals surface area contributed by atoms with E-state index in [1.54, 1.807) is 6.07 Å². The summed E-state index contributed by atoms with van der Waals surface area (Å²) >= 11 is 5.54. The Balaban J connectivity index is 2.45. The topological polar surface area (TPSA) is 40.9 Å². The van der Waals surface area contributed by atoms with Gasteiger partial charge in [-0.1, -0.05) is 45.8 Å². The maximum Gasteiger partial charge on any atom is 0.185 e. The Morgan fingerprint density at radius 3 is 2.70 bits per heavy atom. The lowest BCUT2D eigenvalue weighted by Gasteiger charge is -2.11. The van der Waals surface area contributed by atoms with Gasteiger partial charge >= 0.3 is 0 Å². The van der Waals surface area contributed by atoms with E-state index in [1.807, 2.05) is 43.3 Å². The third-order valence-corrected chi connectivity index (χ3v) is 4.32. The summed E-state index contributed by atoms with van der Waals surface area (Å²) < 4.78 is 1.69. The predicted octanol–water partition coefficient (Wildman–Crippen LogP) is 4.85. The van der Waals surface area contributed by atoms with Gasteiger partial charge in [-0.3, -0.25) is 4.79 Å². The summed E-state index contributed by atoms with van der Waals surface area (Å²) in [7, 11) is 0. The van der Waals surface area contributed by atoms with Gasteiger partial charge in [0.1, 0.15) is 5.92 Å². The second-order valence-electron chi connectivity index (χ2n) is 4.46. The molecule has 0 aliphatic heterocycles. The average molecular weight is 440 g/mol. The van der Waals surface area contributed by atoms with Crippen LogP contribution in [0.25, 0.3) is 0 Å². The molecule has 0 aromatic heterocycles. The summed E-state index contributed by atoms with van der Waals surface area (Å²) in [6.07, 6.45) is 0. The molecule has 4 heteroatoms. The summed E-state index contributed by atoms with van der Waals surface area (Å²) in [5, 5.41) is 9.37. The third-order valence-electron chi connectivity index (χ3n) is 2.96. The lowest BCUT2D eigenvalue weighted by Crippen LogP contribution is -2.12. The van der Waals surface area contributed by atoms with Crippen LogP contribution in [0, 0.1) is 21.8 Å². The SMILES string of the molecule is Cc1cccc(C(C#N)C(=O)c2cc(I)ccc2Br)c1. The normalized spacial score (nSPS) is 11.7. The molecule has 0 amide bonds. The van der Waals surface area contributed by atoms with E-state index in [-0.39, 0.29) is 5.78 Å². The Morgan fingerprint density at radius 1 is 1.30 bits per heavy atom. The van der Waals surface area contributed by atoms with E-state index in [0.717, 1.165) is 19.2 Å². The van der Waals surface area contributed by atoms with E-state index in [0.29, 0.717) is 5.56 Å². The molecular weight excluding hydrogens is 429 g/mol. The number of Topliss-reactive ketones (excluding diaryl/α,β-unsaturated/α-hetero) is 1. The molecule has 0 aliphatic rings. The van der Waals surface area contributed by atoms with Gasteiger partial charge in [-0.05, 0) is 53.3 Å². The van der Waals surface area contributed by atoms with Gasteiger partial charge in [-0.25, -0.2) is 0 Å². The highest BCUT2D eigenvalue weighted by molar-refractivity contribution is 14.1. The molecule has 0 bridgehead atoms. The van der Waals surface area contributed by atoms with Gasteiger partial charge in [-0.2, -0.15) is 5.26 Å². The number of hydrogen-bond acceptors (Lipinski definition) is 2. The van der Waals surface area contributed by atoms with Gasteiger partial charge in [0.15, 0.2) is 5.78 Å². The molecule has 1 atom stereocenters. The summed E-state index contributed by atoms with van der Waals surface area (Å²) in [4.78, 5) is 12.6. The van der Waals surface area contributed by atoms with Crippen molar-refractivity contribution in [2.45, 2.75) is 12.8 Å². The zero-order valence-corrected chi connectivity index (χ0v) is 14.5. The van der Waals surface area contributed by atoms with Gasteiger partial charge in [0.05, 0.1) is 6.07 Å². The van der Waals surface area contributed by atoms with Crippen LogP contribution in [-0.4, -0.2) is 5.78 Å². The Kier molecular flexibility index (Phi) is 4.95. The standard InChI is InChI=1S/C16H11BrINO/c1-10-3-2-4-11(7-10)14(9-19)16(20)13-8-12(18)5-6-15(13)17/h2-8,14H,1H3. The fraction of sp³-hybridized carbons (Fsp3) is 0.125. The van der Waals surface area contributed by atoms with Crippen LogP contribution in [0.1, 0.15) is 27.4 Å². The molecule has 0 saturated carbocycles. The van der Waals surface area contributed by atoms with Crippen LogP contribution in [0.4, 0.5) is 0 Å². The maximum atomic E-state index is 12.6. The summed E-state index contributed by atoms with van der Waals surface area (Å²) in [6.45, 7) is 1.95. The quantitative estimate of drug-likeness (QED) is 0.506. The molecule has 2 aromatic rings. The highest BCUT2D eigenvalue weighted by Gasteiger charge is 2.23. The zero-order valence-electron chi connectivity index (χ0n) is 10.7. The van der Waals surface area contributed by atoms with Gasteiger partial charge < -0.3 is 0 Å². The number of halogens is 2. The van der Waals surface area contributed by atoms with Gasteiger partial charge in [0.2, 0.25) is 0 Å². The predicted molar refractivity (Wildman–Crippen MR) is 90.7 cm³/mol. The van der Waals surface area contributed by atoms with Gasteiger partial charge in [-0.15, -0.1) is 0 Å². The van der Waals surface area contributed by atoms with Crippen molar-refractivity contribution >= 4 is 44.3 Å². The van der Waals surface area contributed by atoms with Crippen LogP contribution in [0.2, 0.25) is 0 Å². The Labute approximate surface area is 140 Å².